The fraction of sp³-hybridized carbons (Fsp3) is 0.591. The average molecular weight is 385 g/mol. The fourth-order valence-electron chi connectivity index (χ4n) is 4.38. The average Bonchev–Trinajstić information content (AvgIpc) is 3.35. The van der Waals surface area contributed by atoms with Crippen molar-refractivity contribution < 1.29 is 9.84 Å². The van der Waals surface area contributed by atoms with Gasteiger partial charge in [0.15, 0.2) is 0 Å². The Kier molecular flexibility index (Phi) is 6.29. The van der Waals surface area contributed by atoms with Crippen molar-refractivity contribution in [1.82, 2.24) is 20.0 Å². The first-order valence-corrected chi connectivity index (χ1v) is 10.5. The van der Waals surface area contributed by atoms with E-state index in [0.29, 0.717) is 19.2 Å². The Morgan fingerprint density at radius 1 is 1.32 bits per heavy atom. The van der Waals surface area contributed by atoms with E-state index in [1.165, 1.54) is 42.5 Å². The molecule has 0 spiro atoms. The number of hydrogen-bond donors (Lipinski definition) is 2. The molecule has 28 heavy (non-hydrogen) atoms. The highest BCUT2D eigenvalue weighted by atomic mass is 16.5. The van der Waals surface area contributed by atoms with E-state index in [-0.39, 0.29) is 0 Å². The van der Waals surface area contributed by atoms with Crippen LogP contribution in [-0.4, -0.2) is 51.6 Å². The first-order valence-electron chi connectivity index (χ1n) is 10.5. The standard InChI is InChI=1S/C22H32N4O2/c1-25-22-9-10-26(14-18(22)13-24-25)15-20(27)16-28-21-8-4-5-17(11-21)12-23-19-6-2-3-7-19/h4-5,8,11,13,19-20,23,27H,2-3,6-7,9-10,12,14-16H2,1H3. The lowest BCUT2D eigenvalue weighted by atomic mass is 10.1. The van der Waals surface area contributed by atoms with E-state index >= 15 is 0 Å². The Morgan fingerprint density at radius 2 is 2.18 bits per heavy atom. The first-order chi connectivity index (χ1) is 13.7. The molecule has 0 amide bonds. The normalized spacial score (nSPS) is 18.9. The van der Waals surface area contributed by atoms with E-state index in [1.54, 1.807) is 0 Å². The van der Waals surface area contributed by atoms with E-state index in [4.69, 9.17) is 4.74 Å². The van der Waals surface area contributed by atoms with E-state index in [2.05, 4.69) is 27.4 Å². The predicted octanol–water partition coefficient (Wildman–Crippen LogP) is 2.25. The maximum Gasteiger partial charge on any atom is 0.119 e. The molecule has 1 saturated carbocycles. The molecular formula is C22H32N4O2. The number of aliphatic hydroxyl groups is 1. The van der Waals surface area contributed by atoms with E-state index in [9.17, 15) is 5.11 Å². The van der Waals surface area contributed by atoms with Crippen LogP contribution in [0.4, 0.5) is 0 Å². The van der Waals surface area contributed by atoms with Gasteiger partial charge in [-0.1, -0.05) is 25.0 Å². The molecule has 1 atom stereocenters. The van der Waals surface area contributed by atoms with Crippen LogP contribution in [0.2, 0.25) is 0 Å². The summed E-state index contributed by atoms with van der Waals surface area (Å²) in [6.07, 6.45) is 7.69. The molecule has 1 aliphatic carbocycles. The second-order valence-electron chi connectivity index (χ2n) is 8.20. The maximum atomic E-state index is 10.4. The van der Waals surface area contributed by atoms with E-state index < -0.39 is 6.10 Å². The smallest absolute Gasteiger partial charge is 0.119 e. The number of aliphatic hydroxyl groups excluding tert-OH is 1. The van der Waals surface area contributed by atoms with Gasteiger partial charge in [-0.2, -0.15) is 5.10 Å². The zero-order valence-corrected chi connectivity index (χ0v) is 16.8. The summed E-state index contributed by atoms with van der Waals surface area (Å²) in [6.45, 7) is 3.62. The summed E-state index contributed by atoms with van der Waals surface area (Å²) in [7, 11) is 1.99. The lowest BCUT2D eigenvalue weighted by molar-refractivity contribution is 0.0635. The number of β-amino-alcohol motifs (C(OH)–C–C–N with tert-alkyl or cyclic N) is 1. The van der Waals surface area contributed by atoms with Gasteiger partial charge in [0.2, 0.25) is 0 Å². The van der Waals surface area contributed by atoms with Crippen molar-refractivity contribution in [2.45, 2.75) is 57.3 Å². The SMILES string of the molecule is Cn1ncc2c1CCN(CC(O)COc1cccc(CNC3CCCC3)c1)C2. The topological polar surface area (TPSA) is 62.6 Å². The maximum absolute atomic E-state index is 10.4. The summed E-state index contributed by atoms with van der Waals surface area (Å²) in [5.41, 5.74) is 3.81. The van der Waals surface area contributed by atoms with Gasteiger partial charge in [-0.15, -0.1) is 0 Å². The summed E-state index contributed by atoms with van der Waals surface area (Å²) in [4.78, 5) is 2.28. The van der Waals surface area contributed by atoms with Crippen LogP contribution in [0.3, 0.4) is 0 Å². The lowest BCUT2D eigenvalue weighted by Gasteiger charge is -2.28. The van der Waals surface area contributed by atoms with E-state index in [1.807, 2.05) is 30.1 Å². The van der Waals surface area contributed by atoms with Crippen molar-refractivity contribution in [1.29, 1.82) is 0 Å². The number of nitrogens with one attached hydrogen (secondary N) is 1. The summed E-state index contributed by atoms with van der Waals surface area (Å²) in [6, 6.07) is 8.87. The number of benzene rings is 1. The number of fused-ring (bicyclic) bond motifs is 1. The van der Waals surface area contributed by atoms with Crippen LogP contribution in [-0.2, 0) is 26.6 Å². The zero-order chi connectivity index (χ0) is 19.3. The summed E-state index contributed by atoms with van der Waals surface area (Å²) in [5.74, 6) is 0.831. The molecule has 2 aliphatic rings. The Bertz CT molecular complexity index is 770. The number of rotatable bonds is 8. The van der Waals surface area contributed by atoms with Crippen LogP contribution >= 0.6 is 0 Å². The van der Waals surface area contributed by atoms with E-state index in [0.717, 1.165) is 31.8 Å². The minimum absolute atomic E-state index is 0.315. The molecule has 1 aromatic carbocycles. The van der Waals surface area contributed by atoms with Crippen molar-refractivity contribution in [2.24, 2.45) is 7.05 Å². The van der Waals surface area contributed by atoms with Crippen molar-refractivity contribution in [3.05, 3.63) is 47.3 Å². The Hall–Kier alpha value is -1.89. The summed E-state index contributed by atoms with van der Waals surface area (Å²) < 4.78 is 7.83. The highest BCUT2D eigenvalue weighted by Crippen LogP contribution is 2.20. The van der Waals surface area contributed by atoms with Crippen molar-refractivity contribution in [3.8, 4) is 5.75 Å². The Labute approximate surface area is 167 Å². The predicted molar refractivity (Wildman–Crippen MR) is 109 cm³/mol. The molecule has 1 unspecified atom stereocenters. The minimum Gasteiger partial charge on any atom is -0.491 e. The third-order valence-corrected chi connectivity index (χ3v) is 5.97. The van der Waals surface area contributed by atoms with Gasteiger partial charge < -0.3 is 15.2 Å². The van der Waals surface area contributed by atoms with Crippen molar-refractivity contribution in [3.63, 3.8) is 0 Å². The Balaban J connectivity index is 1.22. The summed E-state index contributed by atoms with van der Waals surface area (Å²) >= 11 is 0. The second kappa shape index (κ2) is 9.07. The van der Waals surface area contributed by atoms with Gasteiger partial charge in [0, 0.05) is 56.9 Å². The zero-order valence-electron chi connectivity index (χ0n) is 16.8. The molecule has 1 fully saturated rings. The van der Waals surface area contributed by atoms with Gasteiger partial charge in [-0.3, -0.25) is 9.58 Å². The number of nitrogens with zero attached hydrogens (tertiary/aromatic N) is 3. The van der Waals surface area contributed by atoms with Crippen LogP contribution in [0.5, 0.6) is 5.75 Å². The molecule has 152 valence electrons. The van der Waals surface area contributed by atoms with Gasteiger partial charge in [0.1, 0.15) is 18.5 Å². The largest absolute Gasteiger partial charge is 0.491 e. The molecule has 4 rings (SSSR count). The molecule has 1 aliphatic heterocycles. The molecule has 0 saturated heterocycles. The van der Waals surface area contributed by atoms with Crippen LogP contribution in [0.15, 0.2) is 30.5 Å². The quantitative estimate of drug-likeness (QED) is 0.731. The van der Waals surface area contributed by atoms with Crippen LogP contribution in [0.25, 0.3) is 0 Å². The molecule has 0 bridgehead atoms. The number of aromatic nitrogens is 2. The van der Waals surface area contributed by atoms with Crippen LogP contribution < -0.4 is 10.1 Å². The molecule has 2 N–H and O–H groups in total. The van der Waals surface area contributed by atoms with Gasteiger partial charge in [-0.05, 0) is 30.5 Å². The Morgan fingerprint density at radius 3 is 3.04 bits per heavy atom. The minimum atomic E-state index is -0.501. The lowest BCUT2D eigenvalue weighted by Crippen LogP contribution is -2.39. The third kappa shape index (κ3) is 4.93. The fourth-order valence-corrected chi connectivity index (χ4v) is 4.38. The monoisotopic (exact) mass is 384 g/mol. The van der Waals surface area contributed by atoms with Gasteiger partial charge >= 0.3 is 0 Å². The summed E-state index contributed by atoms with van der Waals surface area (Å²) in [5, 5.41) is 18.4. The first kappa shape index (κ1) is 19.4. The highest BCUT2D eigenvalue weighted by Gasteiger charge is 2.21. The molecule has 0 radical (unpaired) electrons. The van der Waals surface area contributed by atoms with Gasteiger partial charge in [0.25, 0.3) is 0 Å². The second-order valence-corrected chi connectivity index (χ2v) is 8.20. The highest BCUT2D eigenvalue weighted by molar-refractivity contribution is 5.28. The molecule has 1 aromatic heterocycles. The number of ether oxygens (including phenoxy) is 1. The molecule has 6 heteroatoms. The van der Waals surface area contributed by atoms with Gasteiger partial charge in [-0.25, -0.2) is 0 Å². The molecule has 6 nitrogen and oxygen atoms in total. The molecular weight excluding hydrogens is 352 g/mol. The number of hydrogen-bond acceptors (Lipinski definition) is 5. The van der Waals surface area contributed by atoms with Crippen molar-refractivity contribution >= 4 is 0 Å². The molecule has 2 heterocycles. The van der Waals surface area contributed by atoms with Crippen LogP contribution in [0.1, 0.15) is 42.5 Å². The van der Waals surface area contributed by atoms with Gasteiger partial charge in [0.05, 0.1) is 6.20 Å². The third-order valence-electron chi connectivity index (χ3n) is 5.97. The molecule has 2 aromatic rings. The van der Waals surface area contributed by atoms with Crippen molar-refractivity contribution in [2.75, 3.05) is 19.7 Å². The number of aryl methyl sites for hydroxylation is 1. The van der Waals surface area contributed by atoms with Crippen LogP contribution in [0, 0.1) is 0 Å².